The molecule has 4 nitrogen and oxygen atoms in total. The molecule has 0 heterocycles. The molecule has 1 atom stereocenters. The Morgan fingerprint density at radius 1 is 1.62 bits per heavy atom. The van der Waals surface area contributed by atoms with E-state index in [1.165, 1.54) is 6.92 Å². The lowest BCUT2D eigenvalue weighted by Crippen LogP contribution is -2.16. The number of allylic oxidation sites excluding steroid dienone is 1. The van der Waals surface area contributed by atoms with Crippen LogP contribution in [0.3, 0.4) is 0 Å². The van der Waals surface area contributed by atoms with Gasteiger partial charge in [-0.3, -0.25) is 4.79 Å². The van der Waals surface area contributed by atoms with Gasteiger partial charge in [-0.2, -0.15) is 0 Å². The average molecular weight is 186 g/mol. The Kier molecular flexibility index (Phi) is 2.73. The molecular formula is C9H14O4. The van der Waals surface area contributed by atoms with Crippen molar-refractivity contribution in [3.05, 3.63) is 12.3 Å². The lowest BCUT2D eigenvalue weighted by atomic mass is 10.1. The Hall–Kier alpha value is -0.870. The highest BCUT2D eigenvalue weighted by atomic mass is 16.5. The Bertz CT molecular complexity index is 230. The third-order valence-corrected chi connectivity index (χ3v) is 2.48. The van der Waals surface area contributed by atoms with Gasteiger partial charge in [0.15, 0.2) is 0 Å². The van der Waals surface area contributed by atoms with E-state index in [4.69, 9.17) is 14.9 Å². The van der Waals surface area contributed by atoms with Gasteiger partial charge in [-0.25, -0.2) is 0 Å². The van der Waals surface area contributed by atoms with Crippen LogP contribution in [0.1, 0.15) is 13.3 Å². The van der Waals surface area contributed by atoms with Crippen LogP contribution in [-0.4, -0.2) is 29.4 Å². The summed E-state index contributed by atoms with van der Waals surface area (Å²) in [5, 5.41) is 17.9. The summed E-state index contributed by atoms with van der Waals surface area (Å²) in [5.74, 6) is -0.163. The minimum atomic E-state index is -0.507. The first kappa shape index (κ1) is 10.2. The third kappa shape index (κ3) is 1.89. The number of carbonyl (C=O) groups excluding carboxylic acids is 1. The maximum absolute atomic E-state index is 10.6. The molecule has 1 rings (SSSR count). The number of aliphatic hydroxyl groups is 2. The Morgan fingerprint density at radius 2 is 2.15 bits per heavy atom. The SMILES string of the molecule is C=C(OC(C)=O)[C@H]1CC1(CO)CO. The fourth-order valence-corrected chi connectivity index (χ4v) is 1.46. The molecule has 1 aliphatic carbocycles. The van der Waals surface area contributed by atoms with E-state index in [0.29, 0.717) is 12.2 Å². The molecule has 4 heteroatoms. The molecule has 0 aromatic carbocycles. The third-order valence-electron chi connectivity index (χ3n) is 2.48. The van der Waals surface area contributed by atoms with Crippen molar-refractivity contribution in [2.75, 3.05) is 13.2 Å². The standard InChI is InChI=1S/C9H14O4/c1-6(13-7(2)12)8-3-9(8,4-10)5-11/h8,10-11H,1,3-5H2,2H3/t8-/m1/s1. The zero-order valence-corrected chi connectivity index (χ0v) is 7.62. The van der Waals surface area contributed by atoms with Gasteiger partial charge in [-0.15, -0.1) is 0 Å². The maximum Gasteiger partial charge on any atom is 0.307 e. The first-order chi connectivity index (χ1) is 6.05. The number of hydrogen-bond acceptors (Lipinski definition) is 4. The molecule has 0 bridgehead atoms. The Morgan fingerprint density at radius 3 is 2.46 bits per heavy atom. The second kappa shape index (κ2) is 3.47. The summed E-state index contributed by atoms with van der Waals surface area (Å²) < 4.78 is 4.78. The number of ether oxygens (including phenoxy) is 1. The van der Waals surface area contributed by atoms with Gasteiger partial charge in [0.05, 0.1) is 13.2 Å². The number of rotatable bonds is 4. The molecule has 0 aliphatic heterocycles. The van der Waals surface area contributed by atoms with Crippen molar-refractivity contribution in [2.45, 2.75) is 13.3 Å². The van der Waals surface area contributed by atoms with E-state index in [1.807, 2.05) is 0 Å². The highest BCUT2D eigenvalue weighted by molar-refractivity contribution is 5.67. The van der Waals surface area contributed by atoms with Gasteiger partial charge in [0.2, 0.25) is 0 Å². The molecular weight excluding hydrogens is 172 g/mol. The number of hydrogen-bond donors (Lipinski definition) is 2. The van der Waals surface area contributed by atoms with E-state index in [-0.39, 0.29) is 19.1 Å². The molecule has 0 amide bonds. The second-order valence-corrected chi connectivity index (χ2v) is 3.50. The molecule has 0 radical (unpaired) electrons. The van der Waals surface area contributed by atoms with E-state index in [9.17, 15) is 4.79 Å². The van der Waals surface area contributed by atoms with Gasteiger partial charge < -0.3 is 14.9 Å². The number of esters is 1. The average Bonchev–Trinajstić information content (AvgIpc) is 2.78. The van der Waals surface area contributed by atoms with Crippen molar-refractivity contribution in [3.63, 3.8) is 0 Å². The fourth-order valence-electron chi connectivity index (χ4n) is 1.46. The Labute approximate surface area is 76.8 Å². The summed E-state index contributed by atoms with van der Waals surface area (Å²) in [6.45, 7) is 4.68. The summed E-state index contributed by atoms with van der Waals surface area (Å²) in [7, 11) is 0. The predicted molar refractivity (Wildman–Crippen MR) is 45.6 cm³/mol. The second-order valence-electron chi connectivity index (χ2n) is 3.50. The fraction of sp³-hybridized carbons (Fsp3) is 0.667. The van der Waals surface area contributed by atoms with Gasteiger partial charge in [0.25, 0.3) is 0 Å². The molecule has 2 N–H and O–H groups in total. The monoisotopic (exact) mass is 186 g/mol. The van der Waals surface area contributed by atoms with Crippen LogP contribution in [0.25, 0.3) is 0 Å². The highest BCUT2D eigenvalue weighted by Crippen LogP contribution is 2.55. The van der Waals surface area contributed by atoms with Crippen LogP contribution in [0.5, 0.6) is 0 Å². The number of aliphatic hydroxyl groups excluding tert-OH is 2. The number of carbonyl (C=O) groups is 1. The molecule has 0 saturated heterocycles. The van der Waals surface area contributed by atoms with Crippen molar-refractivity contribution in [1.82, 2.24) is 0 Å². The lowest BCUT2D eigenvalue weighted by molar-refractivity contribution is -0.137. The minimum Gasteiger partial charge on any atom is -0.432 e. The molecule has 1 fully saturated rings. The smallest absolute Gasteiger partial charge is 0.307 e. The summed E-state index contributed by atoms with van der Waals surface area (Å²) in [5.41, 5.74) is -0.507. The topological polar surface area (TPSA) is 66.8 Å². The molecule has 0 spiro atoms. The van der Waals surface area contributed by atoms with Gasteiger partial charge in [0, 0.05) is 18.3 Å². The van der Waals surface area contributed by atoms with E-state index in [0.717, 1.165) is 0 Å². The van der Waals surface area contributed by atoms with Crippen molar-refractivity contribution in [1.29, 1.82) is 0 Å². The summed E-state index contributed by atoms with van der Waals surface area (Å²) in [6, 6.07) is 0. The molecule has 0 aromatic heterocycles. The molecule has 1 aliphatic rings. The van der Waals surface area contributed by atoms with E-state index >= 15 is 0 Å². The molecule has 0 unspecified atom stereocenters. The minimum absolute atomic E-state index is 0.0913. The van der Waals surface area contributed by atoms with Crippen LogP contribution < -0.4 is 0 Å². The van der Waals surface area contributed by atoms with Crippen LogP contribution in [0, 0.1) is 11.3 Å². The van der Waals surface area contributed by atoms with E-state index < -0.39 is 11.4 Å². The van der Waals surface area contributed by atoms with E-state index in [2.05, 4.69) is 6.58 Å². The van der Waals surface area contributed by atoms with E-state index in [1.54, 1.807) is 0 Å². The van der Waals surface area contributed by atoms with Crippen LogP contribution in [0.4, 0.5) is 0 Å². The molecule has 13 heavy (non-hydrogen) atoms. The molecule has 0 aromatic rings. The van der Waals surface area contributed by atoms with Gasteiger partial charge in [0.1, 0.15) is 5.76 Å². The molecule has 1 saturated carbocycles. The van der Waals surface area contributed by atoms with Crippen LogP contribution in [0.15, 0.2) is 12.3 Å². The van der Waals surface area contributed by atoms with Crippen LogP contribution >= 0.6 is 0 Å². The van der Waals surface area contributed by atoms with Gasteiger partial charge in [-0.1, -0.05) is 6.58 Å². The zero-order chi connectivity index (χ0) is 10.1. The summed E-state index contributed by atoms with van der Waals surface area (Å²) in [6.07, 6.45) is 0.631. The molecule has 74 valence electrons. The zero-order valence-electron chi connectivity index (χ0n) is 7.62. The Balaban J connectivity index is 2.49. The largest absolute Gasteiger partial charge is 0.432 e. The van der Waals surface area contributed by atoms with Crippen molar-refractivity contribution in [3.8, 4) is 0 Å². The first-order valence-electron chi connectivity index (χ1n) is 4.14. The quantitative estimate of drug-likeness (QED) is 0.481. The van der Waals surface area contributed by atoms with Crippen molar-refractivity contribution in [2.24, 2.45) is 11.3 Å². The summed E-state index contributed by atoms with van der Waals surface area (Å²) >= 11 is 0. The predicted octanol–water partition coefficient (Wildman–Crippen LogP) is 0.0541. The van der Waals surface area contributed by atoms with Gasteiger partial charge >= 0.3 is 5.97 Å². The lowest BCUT2D eigenvalue weighted by Gasteiger charge is -2.11. The summed E-state index contributed by atoms with van der Waals surface area (Å²) in [4.78, 5) is 10.6. The normalized spacial score (nSPS) is 23.8. The van der Waals surface area contributed by atoms with Crippen molar-refractivity contribution < 1.29 is 19.7 Å². The first-order valence-corrected chi connectivity index (χ1v) is 4.14. The van der Waals surface area contributed by atoms with Crippen LogP contribution in [0.2, 0.25) is 0 Å². The highest BCUT2D eigenvalue weighted by Gasteiger charge is 2.55. The van der Waals surface area contributed by atoms with Crippen molar-refractivity contribution >= 4 is 5.97 Å². The van der Waals surface area contributed by atoms with Crippen LogP contribution in [-0.2, 0) is 9.53 Å². The maximum atomic E-state index is 10.6. The van der Waals surface area contributed by atoms with Gasteiger partial charge in [-0.05, 0) is 6.42 Å².